The maximum absolute atomic E-state index is 16.0. The molecular formula is C33H28Cl3FN4O3. The number of amides is 1. The Labute approximate surface area is 268 Å². The molecule has 226 valence electrons. The van der Waals surface area contributed by atoms with Crippen LogP contribution in [-0.4, -0.2) is 37.4 Å². The number of nitrogens with zero attached hydrogens (tertiary/aromatic N) is 3. The number of carbonyl (C=O) groups excluding carboxylic acids is 1. The average Bonchev–Trinajstić information content (AvgIpc) is 3.75. The molecule has 44 heavy (non-hydrogen) atoms. The average molecular weight is 654 g/mol. The van der Waals surface area contributed by atoms with Crippen LogP contribution in [0.25, 0.3) is 22.2 Å². The number of hydrogen-bond donors (Lipinski definition) is 3. The van der Waals surface area contributed by atoms with Crippen LogP contribution in [0.2, 0.25) is 15.1 Å². The lowest BCUT2D eigenvalue weighted by Gasteiger charge is -2.31. The maximum Gasteiger partial charge on any atom is 0.251 e. The molecule has 1 atom stereocenters. The number of aromatic nitrogens is 3. The molecule has 1 saturated carbocycles. The summed E-state index contributed by atoms with van der Waals surface area (Å²) in [5.74, 6) is -1.31. The van der Waals surface area contributed by atoms with E-state index in [1.165, 1.54) is 26.0 Å². The SMILES string of the molecule is CC(C)(O)c1cc([C@@](O)(CNC(=O)c2cc(Cl)c3nn(C4CC4)cc3c2)c2ccccc2)nc(-c2cccc(Cl)c2Cl)c1F. The molecule has 0 spiro atoms. The monoisotopic (exact) mass is 652 g/mol. The number of carbonyl (C=O) groups is 1. The van der Waals surface area contributed by atoms with Crippen LogP contribution >= 0.6 is 34.8 Å². The normalized spacial score (nSPS) is 14.9. The van der Waals surface area contributed by atoms with Crippen molar-refractivity contribution in [3.05, 3.63) is 116 Å². The van der Waals surface area contributed by atoms with Crippen molar-refractivity contribution < 1.29 is 19.4 Å². The number of nitrogens with one attached hydrogen (secondary N) is 1. The van der Waals surface area contributed by atoms with Gasteiger partial charge in [0.25, 0.3) is 5.91 Å². The van der Waals surface area contributed by atoms with E-state index < -0.39 is 22.9 Å². The van der Waals surface area contributed by atoms with E-state index in [1.807, 2.05) is 10.9 Å². The van der Waals surface area contributed by atoms with Crippen LogP contribution < -0.4 is 5.32 Å². The van der Waals surface area contributed by atoms with Crippen LogP contribution in [0.1, 0.15) is 59.9 Å². The van der Waals surface area contributed by atoms with Gasteiger partial charge in [0, 0.05) is 28.3 Å². The van der Waals surface area contributed by atoms with Gasteiger partial charge in [0.2, 0.25) is 0 Å². The number of hydrogen-bond acceptors (Lipinski definition) is 5. The minimum Gasteiger partial charge on any atom is -0.386 e. The summed E-state index contributed by atoms with van der Waals surface area (Å²) < 4.78 is 17.9. The molecule has 6 rings (SSSR count). The van der Waals surface area contributed by atoms with Gasteiger partial charge in [-0.15, -0.1) is 0 Å². The van der Waals surface area contributed by atoms with Crippen LogP contribution in [0.3, 0.4) is 0 Å². The van der Waals surface area contributed by atoms with Gasteiger partial charge in [0.1, 0.15) is 16.8 Å². The second-order valence-corrected chi connectivity index (χ2v) is 12.7. The lowest BCUT2D eigenvalue weighted by Crippen LogP contribution is -2.42. The molecule has 11 heteroatoms. The molecule has 1 amide bonds. The van der Waals surface area contributed by atoms with Gasteiger partial charge in [0.15, 0.2) is 5.82 Å². The molecule has 1 fully saturated rings. The second kappa shape index (κ2) is 11.4. The molecule has 0 bridgehead atoms. The van der Waals surface area contributed by atoms with Crippen molar-refractivity contribution in [1.29, 1.82) is 0 Å². The Hall–Kier alpha value is -3.53. The zero-order valence-corrected chi connectivity index (χ0v) is 26.1. The topological polar surface area (TPSA) is 100 Å². The quantitative estimate of drug-likeness (QED) is 0.162. The van der Waals surface area contributed by atoms with Gasteiger partial charge in [-0.05, 0) is 56.5 Å². The maximum atomic E-state index is 16.0. The molecule has 2 heterocycles. The molecule has 1 aliphatic rings. The third-order valence-electron chi connectivity index (χ3n) is 7.77. The van der Waals surface area contributed by atoms with Crippen molar-refractivity contribution in [2.24, 2.45) is 0 Å². The molecular weight excluding hydrogens is 626 g/mol. The summed E-state index contributed by atoms with van der Waals surface area (Å²) in [7, 11) is 0. The van der Waals surface area contributed by atoms with Crippen molar-refractivity contribution in [1.82, 2.24) is 20.1 Å². The minimum absolute atomic E-state index is 0.0206. The van der Waals surface area contributed by atoms with Crippen molar-refractivity contribution in [2.75, 3.05) is 6.54 Å². The molecule has 2 aromatic heterocycles. The predicted octanol–water partition coefficient (Wildman–Crippen LogP) is 7.43. The summed E-state index contributed by atoms with van der Waals surface area (Å²) in [6.07, 6.45) is 3.97. The summed E-state index contributed by atoms with van der Waals surface area (Å²) in [5.41, 5.74) is -2.54. The van der Waals surface area contributed by atoms with Crippen molar-refractivity contribution in [3.8, 4) is 11.3 Å². The summed E-state index contributed by atoms with van der Waals surface area (Å²) >= 11 is 19.2. The van der Waals surface area contributed by atoms with Gasteiger partial charge < -0.3 is 15.5 Å². The number of benzene rings is 3. The Morgan fingerprint density at radius 2 is 1.75 bits per heavy atom. The van der Waals surface area contributed by atoms with E-state index in [-0.39, 0.29) is 44.7 Å². The first kappa shape index (κ1) is 30.5. The summed E-state index contributed by atoms with van der Waals surface area (Å²) in [4.78, 5) is 18.0. The molecule has 3 N–H and O–H groups in total. The molecule has 7 nitrogen and oxygen atoms in total. The third-order valence-corrected chi connectivity index (χ3v) is 8.87. The van der Waals surface area contributed by atoms with Crippen LogP contribution in [0, 0.1) is 5.82 Å². The highest BCUT2D eigenvalue weighted by Gasteiger charge is 2.37. The largest absolute Gasteiger partial charge is 0.386 e. The number of fused-ring (bicyclic) bond motifs is 1. The molecule has 5 aromatic rings. The molecule has 3 aromatic carbocycles. The Kier molecular flexibility index (Phi) is 7.93. The highest BCUT2D eigenvalue weighted by atomic mass is 35.5. The van der Waals surface area contributed by atoms with Crippen molar-refractivity contribution >= 4 is 51.6 Å². The molecule has 0 radical (unpaired) electrons. The number of rotatable bonds is 8. The van der Waals surface area contributed by atoms with E-state index in [0.29, 0.717) is 22.1 Å². The van der Waals surface area contributed by atoms with Crippen molar-refractivity contribution in [3.63, 3.8) is 0 Å². The summed E-state index contributed by atoms with van der Waals surface area (Å²) in [5, 5.41) is 32.0. The Balaban J connectivity index is 1.43. The molecule has 1 aliphatic carbocycles. The number of pyridine rings is 1. The van der Waals surface area contributed by atoms with Crippen molar-refractivity contribution in [2.45, 2.75) is 43.9 Å². The third kappa shape index (κ3) is 5.69. The van der Waals surface area contributed by atoms with Gasteiger partial charge in [-0.1, -0.05) is 77.3 Å². The number of halogens is 4. The van der Waals surface area contributed by atoms with E-state index in [4.69, 9.17) is 34.8 Å². The van der Waals surface area contributed by atoms with Gasteiger partial charge in [-0.2, -0.15) is 5.10 Å². The lowest BCUT2D eigenvalue weighted by atomic mass is 9.86. The zero-order chi connectivity index (χ0) is 31.4. The van der Waals surface area contributed by atoms with Gasteiger partial charge in [-0.3, -0.25) is 9.48 Å². The van der Waals surface area contributed by atoms with Crippen LogP contribution in [0.5, 0.6) is 0 Å². The van der Waals surface area contributed by atoms with E-state index in [2.05, 4.69) is 15.4 Å². The zero-order valence-electron chi connectivity index (χ0n) is 23.8. The smallest absolute Gasteiger partial charge is 0.251 e. The van der Waals surface area contributed by atoms with E-state index >= 15 is 4.39 Å². The molecule has 0 aliphatic heterocycles. The van der Waals surface area contributed by atoms with Crippen LogP contribution in [0.4, 0.5) is 4.39 Å². The summed E-state index contributed by atoms with van der Waals surface area (Å²) in [6, 6.07) is 18.1. The standard InChI is InChI=1S/C33H28Cl3FN4O3/c1-32(2,43)23-15-26(39-30(28(23)37)22-9-6-10-24(34)27(22)36)33(44,20-7-4-3-5-8-20)17-38-31(42)18-13-19-16-41(21-11-12-21)40-29(19)25(35)14-18/h3-10,13-16,21,43-44H,11-12,17H2,1-2H3,(H,38,42)/t33-/m1/s1. The van der Waals surface area contributed by atoms with Gasteiger partial charge >= 0.3 is 0 Å². The van der Waals surface area contributed by atoms with Crippen LogP contribution in [-0.2, 0) is 11.2 Å². The first-order chi connectivity index (χ1) is 20.9. The molecule has 0 saturated heterocycles. The summed E-state index contributed by atoms with van der Waals surface area (Å²) in [6.45, 7) is 2.50. The highest BCUT2D eigenvalue weighted by Crippen LogP contribution is 2.40. The number of aliphatic hydroxyl groups is 2. The lowest BCUT2D eigenvalue weighted by molar-refractivity contribution is 0.0625. The van der Waals surface area contributed by atoms with Crippen LogP contribution in [0.15, 0.2) is 72.9 Å². The highest BCUT2D eigenvalue weighted by molar-refractivity contribution is 6.43. The first-order valence-corrected chi connectivity index (χ1v) is 15.1. The van der Waals surface area contributed by atoms with Gasteiger partial charge in [-0.25, -0.2) is 9.37 Å². The Bertz CT molecular complexity index is 1900. The van der Waals surface area contributed by atoms with Gasteiger partial charge in [0.05, 0.1) is 38.9 Å². The first-order valence-electron chi connectivity index (χ1n) is 14.0. The fourth-order valence-corrected chi connectivity index (χ4v) is 5.84. The van der Waals surface area contributed by atoms with E-state index in [0.717, 1.165) is 18.2 Å². The fraction of sp³-hybridized carbons (Fsp3) is 0.242. The predicted molar refractivity (Wildman–Crippen MR) is 170 cm³/mol. The molecule has 0 unspecified atom stereocenters. The van der Waals surface area contributed by atoms with E-state index in [9.17, 15) is 15.0 Å². The fourth-order valence-electron chi connectivity index (χ4n) is 5.18. The Morgan fingerprint density at radius 1 is 1.02 bits per heavy atom. The van der Waals surface area contributed by atoms with E-state index in [1.54, 1.807) is 54.6 Å². The minimum atomic E-state index is -1.96. The second-order valence-electron chi connectivity index (χ2n) is 11.5. The Morgan fingerprint density at radius 3 is 2.43 bits per heavy atom.